The SMILES string of the molecule is O=C(CN(C(=O)c1ccc(Cl)cc1Cl)N1C(=O)[C@@H]2[C@H](C1=O)[C@@]1(Cl)C(Cl)=C(Cl)[C@@]2(Cl)C1(Cl)Cl)c1ccc(OC(=O)c2ccc([N+](=O)[O-])cc2)cc1. The number of hydrogen-bond donors (Lipinski definition) is 0. The Morgan fingerprint density at radius 1 is 0.800 bits per heavy atom. The van der Waals surface area contributed by atoms with Crippen LogP contribution in [-0.4, -0.2) is 65.0 Å². The van der Waals surface area contributed by atoms with E-state index in [0.29, 0.717) is 10.0 Å². The number of non-ortho nitro benzene ring substituents is 1. The molecule has 2 aliphatic carbocycles. The Morgan fingerprint density at radius 2 is 1.32 bits per heavy atom. The Labute approximate surface area is 321 Å². The number of ketones is 1. The summed E-state index contributed by atoms with van der Waals surface area (Å²) >= 11 is 51.9. The van der Waals surface area contributed by atoms with Gasteiger partial charge in [0.1, 0.15) is 22.0 Å². The van der Waals surface area contributed by atoms with Gasteiger partial charge in [0.25, 0.3) is 23.4 Å². The van der Waals surface area contributed by atoms with E-state index in [4.69, 9.17) is 97.5 Å². The van der Waals surface area contributed by atoms with Crippen molar-refractivity contribution < 1.29 is 33.6 Å². The molecule has 19 heteroatoms. The average Bonchev–Trinajstić information content (AvgIpc) is 3.46. The molecule has 3 amide bonds. The van der Waals surface area contributed by atoms with Crippen LogP contribution in [0.2, 0.25) is 10.0 Å². The minimum Gasteiger partial charge on any atom is -0.423 e. The fourth-order valence-corrected chi connectivity index (χ4v) is 9.49. The van der Waals surface area contributed by atoms with E-state index in [1.54, 1.807) is 0 Å². The van der Waals surface area contributed by atoms with Crippen molar-refractivity contribution in [1.29, 1.82) is 0 Å². The first kappa shape index (κ1) is 36.7. The third kappa shape index (κ3) is 5.28. The quantitative estimate of drug-likeness (QED) is 0.0425. The number of rotatable bonds is 8. The van der Waals surface area contributed by atoms with Crippen molar-refractivity contribution in [1.82, 2.24) is 10.0 Å². The number of nitrogens with zero attached hydrogens (tertiary/aromatic N) is 3. The van der Waals surface area contributed by atoms with E-state index in [-0.39, 0.29) is 48.2 Å². The van der Waals surface area contributed by atoms with E-state index in [2.05, 4.69) is 0 Å². The number of fused-ring (bicyclic) bond motifs is 5. The normalized spacial score (nSPS) is 24.8. The van der Waals surface area contributed by atoms with E-state index < -0.39 is 66.9 Å². The molecule has 3 aromatic carbocycles. The lowest BCUT2D eigenvalue weighted by atomic mass is 9.84. The molecule has 6 rings (SSSR count). The summed E-state index contributed by atoms with van der Waals surface area (Å²) in [5.41, 5.74) is -0.449. The molecule has 0 unspecified atom stereocenters. The van der Waals surface area contributed by atoms with Gasteiger partial charge in [-0.1, -0.05) is 69.6 Å². The number of ether oxygens (including phenoxy) is 1. The minimum absolute atomic E-state index is 0.00527. The lowest BCUT2D eigenvalue weighted by Crippen LogP contribution is -2.56. The van der Waals surface area contributed by atoms with Crippen molar-refractivity contribution >= 4 is 128 Å². The van der Waals surface area contributed by atoms with E-state index in [0.717, 1.165) is 12.1 Å². The van der Waals surface area contributed by atoms with Crippen LogP contribution >= 0.6 is 92.8 Å². The van der Waals surface area contributed by atoms with Gasteiger partial charge in [0, 0.05) is 22.7 Å². The Hall–Kier alpha value is -3.13. The zero-order valence-corrected chi connectivity index (χ0v) is 30.4. The molecule has 0 N–H and O–H groups in total. The number of carbonyl (C=O) groups excluding carboxylic acids is 5. The van der Waals surface area contributed by atoms with E-state index >= 15 is 0 Å². The molecule has 1 heterocycles. The Balaban J connectivity index is 1.30. The second-order valence-electron chi connectivity index (χ2n) is 11.2. The molecule has 1 saturated carbocycles. The summed E-state index contributed by atoms with van der Waals surface area (Å²) in [6, 6.07) is 13.6. The molecule has 0 spiro atoms. The minimum atomic E-state index is -2.24. The van der Waals surface area contributed by atoms with Gasteiger partial charge >= 0.3 is 5.97 Å². The largest absolute Gasteiger partial charge is 0.423 e. The molecule has 258 valence electrons. The topological polar surface area (TPSA) is 144 Å². The number of allylic oxidation sites excluding steroid dienone is 2. The number of imide groups is 1. The van der Waals surface area contributed by atoms with Crippen molar-refractivity contribution in [2.45, 2.75) is 14.1 Å². The number of nitro groups is 1. The number of nitro benzene ring substituents is 1. The fraction of sp³-hybridized carbons (Fsp3) is 0.194. The van der Waals surface area contributed by atoms with Crippen LogP contribution < -0.4 is 4.74 Å². The molecular formula is C31H15Cl8N3O8. The third-order valence-electron chi connectivity index (χ3n) is 8.52. The van der Waals surface area contributed by atoms with Gasteiger partial charge in [0.05, 0.1) is 43.0 Å². The van der Waals surface area contributed by atoms with E-state index in [1.807, 2.05) is 0 Å². The number of hydrogen-bond acceptors (Lipinski definition) is 8. The summed E-state index contributed by atoms with van der Waals surface area (Å²) in [6.07, 6.45) is 0. The predicted octanol–water partition coefficient (Wildman–Crippen LogP) is 7.81. The van der Waals surface area contributed by atoms with Crippen LogP contribution in [0.5, 0.6) is 5.75 Å². The van der Waals surface area contributed by atoms with Crippen LogP contribution in [0.3, 0.4) is 0 Å². The summed E-state index contributed by atoms with van der Waals surface area (Å²) in [5, 5.41) is 11.2. The van der Waals surface area contributed by atoms with Crippen molar-refractivity contribution in [3.8, 4) is 5.75 Å². The number of esters is 1. The highest BCUT2D eigenvalue weighted by Crippen LogP contribution is 2.77. The van der Waals surface area contributed by atoms with Gasteiger partial charge in [0.15, 0.2) is 10.1 Å². The summed E-state index contributed by atoms with van der Waals surface area (Å²) in [7, 11) is 0. The molecule has 0 aromatic heterocycles. The first-order chi connectivity index (χ1) is 23.4. The smallest absolute Gasteiger partial charge is 0.343 e. The zero-order valence-electron chi connectivity index (χ0n) is 24.3. The standard InChI is InChI=1S/C31H15Cl8N3O8/c32-15-5-10-18(19(33)11-15)25(44)40(41-26(45)21-22(27(41)46)30(37)24(35)23(34)29(21,36)31(30,38)39)12-20(43)13-3-8-17(9-4-13)50-28(47)14-1-6-16(7-2-14)42(48)49/h1-11,21-22H,12H2/t21-,22+,29-,30-/m1/s1. The van der Waals surface area contributed by atoms with Crippen LogP contribution in [0, 0.1) is 22.0 Å². The molecule has 3 aromatic rings. The zero-order chi connectivity index (χ0) is 36.7. The highest BCUT2D eigenvalue weighted by atomic mass is 35.5. The van der Waals surface area contributed by atoms with Crippen LogP contribution in [0.1, 0.15) is 31.1 Å². The highest BCUT2D eigenvalue weighted by Gasteiger charge is 2.88. The molecule has 1 aliphatic heterocycles. The van der Waals surface area contributed by atoms with Crippen LogP contribution in [0.4, 0.5) is 5.69 Å². The van der Waals surface area contributed by atoms with Crippen molar-refractivity contribution in [3.05, 3.63) is 114 Å². The lowest BCUT2D eigenvalue weighted by molar-refractivity contribution is -0.384. The number of carbonyl (C=O) groups is 5. The molecule has 2 fully saturated rings. The number of amides is 3. The number of benzene rings is 3. The molecule has 0 radical (unpaired) electrons. The van der Waals surface area contributed by atoms with E-state index in [1.165, 1.54) is 54.6 Å². The number of hydrazine groups is 1. The second kappa shape index (κ2) is 12.8. The van der Waals surface area contributed by atoms with Crippen LogP contribution in [0.15, 0.2) is 76.8 Å². The van der Waals surface area contributed by atoms with Gasteiger partial charge in [0.2, 0.25) is 0 Å². The van der Waals surface area contributed by atoms with Gasteiger partial charge in [-0.3, -0.25) is 29.3 Å². The molecule has 4 atom stereocenters. The van der Waals surface area contributed by atoms with Crippen molar-refractivity contribution in [2.24, 2.45) is 11.8 Å². The number of alkyl halides is 4. The Bertz CT molecular complexity index is 2030. The van der Waals surface area contributed by atoms with Crippen LogP contribution in [-0.2, 0) is 9.59 Å². The first-order valence-electron chi connectivity index (χ1n) is 13.9. The number of halogens is 8. The van der Waals surface area contributed by atoms with Crippen molar-refractivity contribution in [2.75, 3.05) is 6.54 Å². The lowest BCUT2D eigenvalue weighted by Gasteiger charge is -2.36. The maximum absolute atomic E-state index is 14.1. The van der Waals surface area contributed by atoms with Gasteiger partial charge in [-0.2, -0.15) is 5.01 Å². The highest BCUT2D eigenvalue weighted by molar-refractivity contribution is 6.67. The molecular weight excluding hydrogens is 826 g/mol. The van der Waals surface area contributed by atoms with Gasteiger partial charge in [-0.05, 0) is 54.6 Å². The average molecular weight is 841 g/mol. The Kier molecular flexibility index (Phi) is 9.40. The summed E-state index contributed by atoms with van der Waals surface area (Å²) in [6.45, 7) is -0.900. The monoisotopic (exact) mass is 837 g/mol. The maximum Gasteiger partial charge on any atom is 0.343 e. The molecule has 11 nitrogen and oxygen atoms in total. The van der Waals surface area contributed by atoms with Gasteiger partial charge in [-0.25, -0.2) is 9.80 Å². The fourth-order valence-electron chi connectivity index (χ4n) is 6.07. The number of Topliss-reactive ketones (excluding diaryl/α,β-unsaturated/α-hetero) is 1. The van der Waals surface area contributed by atoms with E-state index in [9.17, 15) is 34.1 Å². The molecule has 3 aliphatic rings. The molecule has 1 saturated heterocycles. The summed E-state index contributed by atoms with van der Waals surface area (Å²) in [5.74, 6) is -8.05. The first-order valence-corrected chi connectivity index (χ1v) is 17.0. The van der Waals surface area contributed by atoms with Crippen LogP contribution in [0.25, 0.3) is 0 Å². The second-order valence-corrected chi connectivity index (χ2v) is 15.3. The maximum atomic E-state index is 14.1. The third-order valence-corrected chi connectivity index (χ3v) is 13.3. The van der Waals surface area contributed by atoms with Crippen molar-refractivity contribution in [3.63, 3.8) is 0 Å². The van der Waals surface area contributed by atoms with Gasteiger partial charge < -0.3 is 4.74 Å². The molecule has 50 heavy (non-hydrogen) atoms. The van der Waals surface area contributed by atoms with Gasteiger partial charge in [-0.15, -0.1) is 23.2 Å². The Morgan fingerprint density at radius 3 is 1.82 bits per heavy atom. The predicted molar refractivity (Wildman–Crippen MR) is 185 cm³/mol. The summed E-state index contributed by atoms with van der Waals surface area (Å²) < 4.78 is 3.05. The molecule has 2 bridgehead atoms. The summed E-state index contributed by atoms with van der Waals surface area (Å²) in [4.78, 5) is 74.3.